The molecule has 0 aromatic carbocycles. The number of rotatable bonds is 4. The molecule has 0 atom stereocenters. The van der Waals surface area contributed by atoms with Gasteiger partial charge in [0.05, 0.1) is 18.9 Å². The number of hydrogen-bond donors (Lipinski definition) is 0. The quantitative estimate of drug-likeness (QED) is 0.800. The van der Waals surface area contributed by atoms with Gasteiger partial charge in [0.25, 0.3) is 0 Å². The van der Waals surface area contributed by atoms with E-state index in [4.69, 9.17) is 9.72 Å². The van der Waals surface area contributed by atoms with Crippen molar-refractivity contribution in [2.75, 3.05) is 31.2 Å². The lowest BCUT2D eigenvalue weighted by Gasteiger charge is -2.26. The standard InChI is InChI=1S/C11H17BrN2OS/c1-2-3-9-10(8-12)16-11(13-9)14-4-6-15-7-5-14/h2-8H2,1H3. The Bertz CT molecular complexity index is 337. The van der Waals surface area contributed by atoms with Crippen LogP contribution >= 0.6 is 27.3 Å². The van der Waals surface area contributed by atoms with E-state index in [0.717, 1.165) is 44.5 Å². The minimum absolute atomic E-state index is 0.826. The molecule has 0 N–H and O–H groups in total. The average molecular weight is 305 g/mol. The van der Waals surface area contributed by atoms with Crippen molar-refractivity contribution in [3.8, 4) is 0 Å². The average Bonchev–Trinajstić information content (AvgIpc) is 2.74. The van der Waals surface area contributed by atoms with Crippen LogP contribution in [0.2, 0.25) is 0 Å². The molecular formula is C11H17BrN2OS. The molecule has 5 heteroatoms. The molecule has 0 amide bonds. The Morgan fingerprint density at radius 3 is 2.81 bits per heavy atom. The number of nitrogens with zero attached hydrogens (tertiary/aromatic N) is 2. The molecule has 0 radical (unpaired) electrons. The predicted octanol–water partition coefficient (Wildman–Crippen LogP) is 2.83. The highest BCUT2D eigenvalue weighted by atomic mass is 79.9. The van der Waals surface area contributed by atoms with Crippen molar-refractivity contribution in [3.05, 3.63) is 10.6 Å². The fraction of sp³-hybridized carbons (Fsp3) is 0.727. The topological polar surface area (TPSA) is 25.4 Å². The number of hydrogen-bond acceptors (Lipinski definition) is 4. The van der Waals surface area contributed by atoms with Gasteiger partial charge >= 0.3 is 0 Å². The van der Waals surface area contributed by atoms with Crippen LogP contribution < -0.4 is 4.90 Å². The van der Waals surface area contributed by atoms with Crippen molar-refractivity contribution in [2.24, 2.45) is 0 Å². The van der Waals surface area contributed by atoms with Gasteiger partial charge in [-0.3, -0.25) is 0 Å². The first kappa shape index (κ1) is 12.3. The minimum Gasteiger partial charge on any atom is -0.378 e. The molecule has 0 aliphatic carbocycles. The molecular weight excluding hydrogens is 288 g/mol. The Kier molecular flexibility index (Phi) is 4.61. The summed E-state index contributed by atoms with van der Waals surface area (Å²) in [6, 6.07) is 0. The van der Waals surface area contributed by atoms with Crippen LogP contribution in [0, 0.1) is 0 Å². The van der Waals surface area contributed by atoms with Crippen LogP contribution in [0.1, 0.15) is 23.9 Å². The molecule has 2 heterocycles. The molecule has 1 aromatic rings. The summed E-state index contributed by atoms with van der Waals surface area (Å²) in [6.45, 7) is 5.80. The number of anilines is 1. The highest BCUT2D eigenvalue weighted by Gasteiger charge is 2.17. The van der Waals surface area contributed by atoms with E-state index in [-0.39, 0.29) is 0 Å². The molecule has 0 bridgehead atoms. The molecule has 1 fully saturated rings. The Hall–Kier alpha value is -0.130. The Labute approximate surface area is 109 Å². The molecule has 2 rings (SSSR count). The van der Waals surface area contributed by atoms with Crippen LogP contribution in [0.15, 0.2) is 0 Å². The van der Waals surface area contributed by atoms with Gasteiger partial charge in [-0.1, -0.05) is 29.3 Å². The van der Waals surface area contributed by atoms with Gasteiger partial charge in [-0.15, -0.1) is 11.3 Å². The fourth-order valence-electron chi connectivity index (χ4n) is 1.80. The zero-order chi connectivity index (χ0) is 11.4. The van der Waals surface area contributed by atoms with Gasteiger partial charge in [0, 0.05) is 23.3 Å². The van der Waals surface area contributed by atoms with Gasteiger partial charge in [0.1, 0.15) is 0 Å². The van der Waals surface area contributed by atoms with Crippen LogP contribution in [0.4, 0.5) is 5.13 Å². The number of morpholine rings is 1. The molecule has 1 saturated heterocycles. The number of ether oxygens (including phenoxy) is 1. The number of thiazole rings is 1. The van der Waals surface area contributed by atoms with E-state index in [0.29, 0.717) is 0 Å². The zero-order valence-corrected chi connectivity index (χ0v) is 11.9. The van der Waals surface area contributed by atoms with Crippen molar-refractivity contribution in [3.63, 3.8) is 0 Å². The molecule has 0 spiro atoms. The number of halogens is 1. The lowest BCUT2D eigenvalue weighted by atomic mass is 10.2. The maximum absolute atomic E-state index is 5.36. The number of aryl methyl sites for hydroxylation is 1. The first-order valence-corrected chi connectivity index (χ1v) is 7.66. The van der Waals surface area contributed by atoms with Gasteiger partial charge in [0.15, 0.2) is 5.13 Å². The Balaban J connectivity index is 2.14. The van der Waals surface area contributed by atoms with Gasteiger partial charge < -0.3 is 9.64 Å². The third-order valence-corrected chi connectivity index (χ3v) is 4.75. The monoisotopic (exact) mass is 304 g/mol. The second-order valence-electron chi connectivity index (χ2n) is 3.85. The van der Waals surface area contributed by atoms with E-state index in [1.165, 1.54) is 15.7 Å². The van der Waals surface area contributed by atoms with Crippen LogP contribution in [0.25, 0.3) is 0 Å². The largest absolute Gasteiger partial charge is 0.378 e. The lowest BCUT2D eigenvalue weighted by Crippen LogP contribution is -2.36. The maximum atomic E-state index is 5.36. The Morgan fingerprint density at radius 1 is 1.44 bits per heavy atom. The SMILES string of the molecule is CCCc1nc(N2CCOCC2)sc1CBr. The van der Waals surface area contributed by atoms with E-state index in [2.05, 4.69) is 27.8 Å². The normalized spacial score (nSPS) is 16.8. The van der Waals surface area contributed by atoms with Gasteiger partial charge in [-0.25, -0.2) is 4.98 Å². The molecule has 1 aliphatic heterocycles. The molecule has 0 unspecified atom stereocenters. The maximum Gasteiger partial charge on any atom is 0.185 e. The lowest BCUT2D eigenvalue weighted by molar-refractivity contribution is 0.122. The summed E-state index contributed by atoms with van der Waals surface area (Å²) in [5.74, 6) is 0. The van der Waals surface area contributed by atoms with Crippen molar-refractivity contribution < 1.29 is 4.74 Å². The summed E-state index contributed by atoms with van der Waals surface area (Å²) < 4.78 is 5.36. The van der Waals surface area contributed by atoms with Crippen LogP contribution in [0.5, 0.6) is 0 Å². The van der Waals surface area contributed by atoms with Gasteiger partial charge in [-0.05, 0) is 6.42 Å². The van der Waals surface area contributed by atoms with Crippen molar-refractivity contribution in [2.45, 2.75) is 25.1 Å². The minimum atomic E-state index is 0.826. The highest BCUT2D eigenvalue weighted by molar-refractivity contribution is 9.08. The molecule has 90 valence electrons. The molecule has 3 nitrogen and oxygen atoms in total. The summed E-state index contributed by atoms with van der Waals surface area (Å²) in [6.07, 6.45) is 2.24. The van der Waals surface area contributed by atoms with Gasteiger partial charge in [-0.2, -0.15) is 0 Å². The van der Waals surface area contributed by atoms with E-state index >= 15 is 0 Å². The second kappa shape index (κ2) is 5.98. The van der Waals surface area contributed by atoms with Crippen LogP contribution in [0.3, 0.4) is 0 Å². The smallest absolute Gasteiger partial charge is 0.185 e. The molecule has 1 aromatic heterocycles. The first-order valence-electron chi connectivity index (χ1n) is 5.72. The number of aromatic nitrogens is 1. The molecule has 16 heavy (non-hydrogen) atoms. The Morgan fingerprint density at radius 2 is 2.19 bits per heavy atom. The fourth-order valence-corrected chi connectivity index (χ4v) is 3.47. The molecule has 1 aliphatic rings. The van der Waals surface area contributed by atoms with Crippen molar-refractivity contribution >= 4 is 32.4 Å². The zero-order valence-electron chi connectivity index (χ0n) is 9.54. The second-order valence-corrected chi connectivity index (χ2v) is 5.47. The van der Waals surface area contributed by atoms with Crippen molar-refractivity contribution in [1.29, 1.82) is 0 Å². The third kappa shape index (κ3) is 2.76. The van der Waals surface area contributed by atoms with E-state index < -0.39 is 0 Å². The van der Waals surface area contributed by atoms with Gasteiger partial charge in [0.2, 0.25) is 0 Å². The van der Waals surface area contributed by atoms with E-state index in [9.17, 15) is 0 Å². The summed E-state index contributed by atoms with van der Waals surface area (Å²) in [5.41, 5.74) is 1.27. The summed E-state index contributed by atoms with van der Waals surface area (Å²) in [4.78, 5) is 8.46. The summed E-state index contributed by atoms with van der Waals surface area (Å²) >= 11 is 5.36. The third-order valence-electron chi connectivity index (χ3n) is 2.66. The molecule has 0 saturated carbocycles. The first-order chi connectivity index (χ1) is 7.85. The highest BCUT2D eigenvalue weighted by Crippen LogP contribution is 2.29. The van der Waals surface area contributed by atoms with E-state index in [1.807, 2.05) is 11.3 Å². The van der Waals surface area contributed by atoms with E-state index in [1.54, 1.807) is 0 Å². The van der Waals surface area contributed by atoms with Crippen molar-refractivity contribution in [1.82, 2.24) is 4.98 Å². The summed E-state index contributed by atoms with van der Waals surface area (Å²) in [7, 11) is 0. The predicted molar refractivity (Wildman–Crippen MR) is 71.8 cm³/mol. The number of alkyl halides is 1. The summed E-state index contributed by atoms with van der Waals surface area (Å²) in [5, 5.41) is 2.09. The van der Waals surface area contributed by atoms with Crippen LogP contribution in [-0.4, -0.2) is 31.3 Å². The van der Waals surface area contributed by atoms with Crippen LogP contribution in [-0.2, 0) is 16.5 Å².